The fourth-order valence-corrected chi connectivity index (χ4v) is 1.24. The molecule has 16 heavy (non-hydrogen) atoms. The van der Waals surface area contributed by atoms with Gasteiger partial charge in [0.15, 0.2) is 0 Å². The van der Waals surface area contributed by atoms with Crippen LogP contribution >= 0.6 is 0 Å². The Morgan fingerprint density at radius 1 is 1.38 bits per heavy atom. The van der Waals surface area contributed by atoms with Crippen LogP contribution < -0.4 is 5.32 Å². The van der Waals surface area contributed by atoms with Gasteiger partial charge < -0.3 is 9.84 Å². The second-order valence-electron chi connectivity index (χ2n) is 3.15. The summed E-state index contributed by atoms with van der Waals surface area (Å²) < 4.78 is 17.8. The average molecular weight is 220 g/mol. The third-order valence-corrected chi connectivity index (χ3v) is 2.04. The normalized spacial score (nSPS) is 10.1. The van der Waals surface area contributed by atoms with Crippen LogP contribution in [0.3, 0.4) is 0 Å². The molecule has 0 aliphatic carbocycles. The van der Waals surface area contributed by atoms with Crippen molar-refractivity contribution >= 4 is 5.91 Å². The van der Waals surface area contributed by atoms with Crippen LogP contribution in [0.1, 0.15) is 16.1 Å². The number of aromatic nitrogens is 1. The maximum Gasteiger partial charge on any atom is 0.254 e. The number of nitrogens with zero attached hydrogens (tertiary/aromatic N) is 1. The monoisotopic (exact) mass is 220 g/mol. The van der Waals surface area contributed by atoms with Gasteiger partial charge >= 0.3 is 0 Å². The van der Waals surface area contributed by atoms with E-state index < -0.39 is 11.7 Å². The Morgan fingerprint density at radius 3 is 2.88 bits per heavy atom. The van der Waals surface area contributed by atoms with Crippen LogP contribution in [0.25, 0.3) is 0 Å². The van der Waals surface area contributed by atoms with E-state index in [4.69, 9.17) is 0 Å². The molecule has 82 valence electrons. The van der Waals surface area contributed by atoms with Gasteiger partial charge in [-0.2, -0.15) is 0 Å². The summed E-state index contributed by atoms with van der Waals surface area (Å²) in [5.74, 6) is -1.01. The molecule has 0 fully saturated rings. The second-order valence-corrected chi connectivity index (χ2v) is 3.15. The van der Waals surface area contributed by atoms with Gasteiger partial charge in [0.2, 0.25) is 0 Å². The van der Waals surface area contributed by atoms with E-state index in [2.05, 4.69) is 15.0 Å². The quantitative estimate of drug-likeness (QED) is 0.857. The minimum Gasteiger partial charge on any atom is -0.364 e. The molecular weight excluding hydrogens is 211 g/mol. The Balaban J connectivity index is 2.01. The predicted octanol–water partition coefficient (Wildman–Crippen LogP) is 1.74. The molecule has 0 aliphatic rings. The Morgan fingerprint density at radius 2 is 2.19 bits per heavy atom. The molecule has 1 N–H and O–H groups in total. The van der Waals surface area contributed by atoms with Crippen LogP contribution in [0.15, 0.2) is 41.1 Å². The minimum absolute atomic E-state index is 0.0194. The third-order valence-electron chi connectivity index (χ3n) is 2.04. The number of benzene rings is 1. The van der Waals surface area contributed by atoms with E-state index in [1.165, 1.54) is 24.5 Å². The standard InChI is InChI=1S/C11H9FN2O2/c12-10-4-2-1-3-9(10)11(15)13-7-8-5-6-16-14-8/h1-6H,7H2,(H,13,15). The number of amides is 1. The molecule has 1 heterocycles. The highest BCUT2D eigenvalue weighted by Gasteiger charge is 2.10. The Hall–Kier alpha value is -2.17. The summed E-state index contributed by atoms with van der Waals surface area (Å²) in [6, 6.07) is 7.43. The Labute approximate surface area is 91.1 Å². The van der Waals surface area contributed by atoms with Gasteiger partial charge in [0.25, 0.3) is 5.91 Å². The topological polar surface area (TPSA) is 55.1 Å². The molecule has 2 rings (SSSR count). The second kappa shape index (κ2) is 4.57. The molecule has 5 heteroatoms. The Bertz CT molecular complexity index is 482. The van der Waals surface area contributed by atoms with E-state index in [-0.39, 0.29) is 12.1 Å². The molecule has 1 aromatic carbocycles. The summed E-state index contributed by atoms with van der Waals surface area (Å²) in [4.78, 5) is 11.6. The molecule has 1 aromatic heterocycles. The van der Waals surface area contributed by atoms with Gasteiger partial charge in [-0.05, 0) is 12.1 Å². The van der Waals surface area contributed by atoms with Gasteiger partial charge in [-0.1, -0.05) is 17.3 Å². The van der Waals surface area contributed by atoms with Crippen molar-refractivity contribution in [1.29, 1.82) is 0 Å². The maximum absolute atomic E-state index is 13.2. The highest BCUT2D eigenvalue weighted by molar-refractivity contribution is 5.94. The lowest BCUT2D eigenvalue weighted by Gasteiger charge is -2.03. The molecule has 4 nitrogen and oxygen atoms in total. The lowest BCUT2D eigenvalue weighted by Crippen LogP contribution is -2.23. The van der Waals surface area contributed by atoms with Crippen molar-refractivity contribution in [2.45, 2.75) is 6.54 Å². The lowest BCUT2D eigenvalue weighted by molar-refractivity contribution is 0.0946. The van der Waals surface area contributed by atoms with Crippen molar-refractivity contribution in [3.63, 3.8) is 0 Å². The smallest absolute Gasteiger partial charge is 0.254 e. The van der Waals surface area contributed by atoms with Crippen LogP contribution in [0.2, 0.25) is 0 Å². The number of carbonyl (C=O) groups is 1. The zero-order chi connectivity index (χ0) is 11.4. The van der Waals surface area contributed by atoms with E-state index in [1.807, 2.05) is 0 Å². The third kappa shape index (κ3) is 2.25. The van der Waals surface area contributed by atoms with E-state index >= 15 is 0 Å². The molecule has 0 spiro atoms. The molecule has 2 aromatic rings. The van der Waals surface area contributed by atoms with Crippen LogP contribution in [0.4, 0.5) is 4.39 Å². The van der Waals surface area contributed by atoms with Crippen LogP contribution in [0, 0.1) is 5.82 Å². The molecule has 0 saturated carbocycles. The van der Waals surface area contributed by atoms with Crippen molar-refractivity contribution < 1.29 is 13.7 Å². The first-order valence-corrected chi connectivity index (χ1v) is 4.69. The number of halogens is 1. The molecule has 0 bridgehead atoms. The molecule has 0 atom stereocenters. The molecule has 0 radical (unpaired) electrons. The van der Waals surface area contributed by atoms with Crippen molar-refractivity contribution in [2.24, 2.45) is 0 Å². The van der Waals surface area contributed by atoms with Gasteiger partial charge in [-0.15, -0.1) is 0 Å². The van der Waals surface area contributed by atoms with Crippen LogP contribution in [-0.4, -0.2) is 11.1 Å². The van der Waals surface area contributed by atoms with E-state index in [0.717, 1.165) is 0 Å². The SMILES string of the molecule is O=C(NCc1ccon1)c1ccccc1F. The van der Waals surface area contributed by atoms with Gasteiger partial charge in [-0.25, -0.2) is 4.39 Å². The number of carbonyl (C=O) groups excluding carboxylic acids is 1. The first-order valence-electron chi connectivity index (χ1n) is 4.69. The van der Waals surface area contributed by atoms with Crippen LogP contribution in [0.5, 0.6) is 0 Å². The number of rotatable bonds is 3. The van der Waals surface area contributed by atoms with Crippen LogP contribution in [-0.2, 0) is 6.54 Å². The number of nitrogens with one attached hydrogen (secondary N) is 1. The van der Waals surface area contributed by atoms with Crippen molar-refractivity contribution in [1.82, 2.24) is 10.5 Å². The first-order chi connectivity index (χ1) is 7.77. The van der Waals surface area contributed by atoms with Crippen molar-refractivity contribution in [3.8, 4) is 0 Å². The number of hydrogen-bond donors (Lipinski definition) is 1. The van der Waals surface area contributed by atoms with Gasteiger partial charge in [0.05, 0.1) is 12.1 Å². The minimum atomic E-state index is -0.542. The summed E-state index contributed by atoms with van der Waals surface area (Å²) in [7, 11) is 0. The first kappa shape index (κ1) is 10.4. The molecule has 0 saturated heterocycles. The number of hydrogen-bond acceptors (Lipinski definition) is 3. The Kier molecular flexibility index (Phi) is 2.95. The van der Waals surface area contributed by atoms with Crippen molar-refractivity contribution in [3.05, 3.63) is 53.7 Å². The summed E-state index contributed by atoms with van der Waals surface area (Å²) in [5.41, 5.74) is 0.607. The summed E-state index contributed by atoms with van der Waals surface area (Å²) in [6.07, 6.45) is 1.41. The average Bonchev–Trinajstić information content (AvgIpc) is 2.79. The molecule has 0 unspecified atom stereocenters. The highest BCUT2D eigenvalue weighted by atomic mass is 19.1. The fourth-order valence-electron chi connectivity index (χ4n) is 1.24. The molecular formula is C11H9FN2O2. The van der Waals surface area contributed by atoms with Gasteiger partial charge in [-0.3, -0.25) is 4.79 Å². The zero-order valence-electron chi connectivity index (χ0n) is 8.31. The van der Waals surface area contributed by atoms with E-state index in [9.17, 15) is 9.18 Å². The summed E-state index contributed by atoms with van der Waals surface area (Å²) in [5, 5.41) is 6.16. The lowest BCUT2D eigenvalue weighted by atomic mass is 10.2. The summed E-state index contributed by atoms with van der Waals surface area (Å²) in [6.45, 7) is 0.212. The maximum atomic E-state index is 13.2. The molecule has 1 amide bonds. The van der Waals surface area contributed by atoms with Gasteiger partial charge in [0.1, 0.15) is 17.8 Å². The summed E-state index contributed by atoms with van der Waals surface area (Å²) >= 11 is 0. The van der Waals surface area contributed by atoms with Gasteiger partial charge in [0, 0.05) is 6.07 Å². The largest absolute Gasteiger partial charge is 0.364 e. The predicted molar refractivity (Wildman–Crippen MR) is 54.1 cm³/mol. The molecule has 0 aliphatic heterocycles. The van der Waals surface area contributed by atoms with E-state index in [1.54, 1.807) is 12.1 Å². The fraction of sp³-hybridized carbons (Fsp3) is 0.0909. The van der Waals surface area contributed by atoms with E-state index in [0.29, 0.717) is 5.69 Å². The zero-order valence-corrected chi connectivity index (χ0v) is 8.31. The highest BCUT2D eigenvalue weighted by Crippen LogP contribution is 2.06. The van der Waals surface area contributed by atoms with Crippen molar-refractivity contribution in [2.75, 3.05) is 0 Å².